The van der Waals surface area contributed by atoms with E-state index in [2.05, 4.69) is 23.8 Å². The maximum Gasteiger partial charge on any atom is 0.248 e. The van der Waals surface area contributed by atoms with Gasteiger partial charge in [-0.3, -0.25) is 4.68 Å². The van der Waals surface area contributed by atoms with Gasteiger partial charge in [-0.2, -0.15) is 9.40 Å². The zero-order chi connectivity index (χ0) is 15.8. The largest absolute Gasteiger partial charge is 0.381 e. The van der Waals surface area contributed by atoms with Crippen molar-refractivity contribution in [1.29, 1.82) is 0 Å². The lowest BCUT2D eigenvalue weighted by molar-refractivity contribution is 0.172. The maximum atomic E-state index is 12.7. The van der Waals surface area contributed by atoms with Gasteiger partial charge in [-0.25, -0.2) is 8.42 Å². The number of hydrogen-bond acceptors (Lipinski definition) is 5. The maximum absolute atomic E-state index is 12.7. The summed E-state index contributed by atoms with van der Waals surface area (Å²) < 4.78 is 28.5. The van der Waals surface area contributed by atoms with Crippen molar-refractivity contribution in [1.82, 2.24) is 19.0 Å². The van der Waals surface area contributed by atoms with E-state index >= 15 is 0 Å². The van der Waals surface area contributed by atoms with Crippen LogP contribution in [0.2, 0.25) is 0 Å². The molecule has 1 saturated heterocycles. The fourth-order valence-corrected chi connectivity index (χ4v) is 4.44. The molecule has 8 heteroatoms. The third-order valence-electron chi connectivity index (χ3n) is 3.86. The van der Waals surface area contributed by atoms with Gasteiger partial charge in [0, 0.05) is 39.8 Å². The predicted octanol–water partition coefficient (Wildman–Crippen LogP) is 0.273. The van der Waals surface area contributed by atoms with Gasteiger partial charge in [-0.05, 0) is 12.8 Å². The molecule has 1 aromatic heterocycles. The number of sulfonamides is 1. The summed E-state index contributed by atoms with van der Waals surface area (Å²) in [5, 5.41) is 4.00. The molecule has 120 valence electrons. The van der Waals surface area contributed by atoms with E-state index in [0.717, 1.165) is 19.6 Å². The number of piperazine rings is 1. The van der Waals surface area contributed by atoms with Crippen LogP contribution in [0.5, 0.6) is 0 Å². The van der Waals surface area contributed by atoms with Crippen molar-refractivity contribution in [2.45, 2.75) is 25.7 Å². The number of anilines is 1. The number of nitrogens with zero attached hydrogens (tertiary/aromatic N) is 4. The lowest BCUT2D eigenvalue weighted by Crippen LogP contribution is -2.49. The van der Waals surface area contributed by atoms with Gasteiger partial charge in [0.1, 0.15) is 4.90 Å². The fourth-order valence-electron chi connectivity index (χ4n) is 2.73. The summed E-state index contributed by atoms with van der Waals surface area (Å²) in [6.45, 7) is 9.59. The molecule has 0 unspecified atom stereocenters. The normalized spacial score (nSPS) is 18.5. The number of nitrogen functional groups attached to an aromatic ring is 1. The zero-order valence-electron chi connectivity index (χ0n) is 13.2. The third kappa shape index (κ3) is 3.22. The first kappa shape index (κ1) is 16.3. The van der Waals surface area contributed by atoms with Gasteiger partial charge in [-0.1, -0.05) is 13.8 Å². The van der Waals surface area contributed by atoms with Crippen LogP contribution in [0.4, 0.5) is 5.82 Å². The van der Waals surface area contributed by atoms with Gasteiger partial charge in [0.25, 0.3) is 0 Å². The number of hydrogen-bond donors (Lipinski definition) is 1. The molecule has 0 saturated carbocycles. The Bertz CT molecular complexity index is 600. The standard InChI is InChI=1S/C13H25N5O2S/c1-10(2)9-17-5-7-18(8-6-17)21(19,20)12-11(3)16(4)15-13(12)14/h10H,5-9H2,1-4H3,(H2,14,15). The molecule has 2 rings (SSSR count). The first-order valence-electron chi connectivity index (χ1n) is 7.25. The molecule has 21 heavy (non-hydrogen) atoms. The zero-order valence-corrected chi connectivity index (χ0v) is 14.0. The van der Waals surface area contributed by atoms with E-state index in [1.165, 1.54) is 8.99 Å². The van der Waals surface area contributed by atoms with Crippen molar-refractivity contribution in [3.63, 3.8) is 0 Å². The SMILES string of the molecule is Cc1c(S(=O)(=O)N2CCN(CC(C)C)CC2)c(N)nn1C. The minimum atomic E-state index is -3.56. The Kier molecular flexibility index (Phi) is 4.60. The van der Waals surface area contributed by atoms with Crippen molar-refractivity contribution in [2.24, 2.45) is 13.0 Å². The molecule has 0 atom stereocenters. The second kappa shape index (κ2) is 5.94. The van der Waals surface area contributed by atoms with Crippen LogP contribution in [0.3, 0.4) is 0 Å². The van der Waals surface area contributed by atoms with Crippen LogP contribution < -0.4 is 5.73 Å². The highest BCUT2D eigenvalue weighted by atomic mass is 32.2. The molecular formula is C13H25N5O2S. The molecule has 0 bridgehead atoms. The highest BCUT2D eigenvalue weighted by Gasteiger charge is 2.33. The molecule has 0 aromatic carbocycles. The van der Waals surface area contributed by atoms with Crippen molar-refractivity contribution in [3.8, 4) is 0 Å². The quantitative estimate of drug-likeness (QED) is 0.862. The number of aromatic nitrogens is 2. The Balaban J connectivity index is 2.15. The Morgan fingerprint density at radius 1 is 1.24 bits per heavy atom. The molecule has 1 aliphatic rings. The first-order valence-corrected chi connectivity index (χ1v) is 8.69. The minimum Gasteiger partial charge on any atom is -0.381 e. The molecular weight excluding hydrogens is 290 g/mol. The summed E-state index contributed by atoms with van der Waals surface area (Å²) in [6, 6.07) is 0. The van der Waals surface area contributed by atoms with Crippen LogP contribution in [0.25, 0.3) is 0 Å². The van der Waals surface area contributed by atoms with Gasteiger partial charge in [-0.15, -0.1) is 0 Å². The van der Waals surface area contributed by atoms with Gasteiger partial charge in [0.15, 0.2) is 5.82 Å². The predicted molar refractivity (Wildman–Crippen MR) is 82.4 cm³/mol. The van der Waals surface area contributed by atoms with Crippen LogP contribution in [0.15, 0.2) is 4.90 Å². The van der Waals surface area contributed by atoms with E-state index in [-0.39, 0.29) is 10.7 Å². The van der Waals surface area contributed by atoms with E-state index in [9.17, 15) is 8.42 Å². The first-order chi connectivity index (χ1) is 9.73. The molecule has 0 radical (unpaired) electrons. The van der Waals surface area contributed by atoms with Crippen LogP contribution in [0.1, 0.15) is 19.5 Å². The molecule has 1 fully saturated rings. The third-order valence-corrected chi connectivity index (χ3v) is 5.92. The molecule has 2 N–H and O–H groups in total. The van der Waals surface area contributed by atoms with E-state index in [1.54, 1.807) is 14.0 Å². The lowest BCUT2D eigenvalue weighted by Gasteiger charge is -2.34. The summed E-state index contributed by atoms with van der Waals surface area (Å²) in [5.41, 5.74) is 6.36. The highest BCUT2D eigenvalue weighted by molar-refractivity contribution is 7.89. The van der Waals surface area contributed by atoms with Gasteiger partial charge >= 0.3 is 0 Å². The number of rotatable bonds is 4. The van der Waals surface area contributed by atoms with Crippen molar-refractivity contribution < 1.29 is 8.42 Å². The Morgan fingerprint density at radius 3 is 2.24 bits per heavy atom. The topological polar surface area (TPSA) is 84.5 Å². The highest BCUT2D eigenvalue weighted by Crippen LogP contribution is 2.25. The Morgan fingerprint density at radius 2 is 1.81 bits per heavy atom. The molecule has 2 heterocycles. The van der Waals surface area contributed by atoms with Gasteiger partial charge < -0.3 is 10.6 Å². The Hall–Kier alpha value is -1.12. The smallest absolute Gasteiger partial charge is 0.248 e. The van der Waals surface area contributed by atoms with Crippen molar-refractivity contribution >= 4 is 15.8 Å². The molecule has 0 aliphatic carbocycles. The molecule has 1 aliphatic heterocycles. The second-order valence-electron chi connectivity index (χ2n) is 6.02. The fraction of sp³-hybridized carbons (Fsp3) is 0.769. The van der Waals surface area contributed by atoms with Gasteiger partial charge in [0.2, 0.25) is 10.0 Å². The van der Waals surface area contributed by atoms with Crippen molar-refractivity contribution in [3.05, 3.63) is 5.69 Å². The summed E-state index contributed by atoms with van der Waals surface area (Å²) in [6.07, 6.45) is 0. The summed E-state index contributed by atoms with van der Waals surface area (Å²) in [5.74, 6) is 0.670. The number of aryl methyl sites for hydroxylation is 1. The van der Waals surface area contributed by atoms with Crippen LogP contribution in [-0.2, 0) is 17.1 Å². The van der Waals surface area contributed by atoms with Crippen LogP contribution in [-0.4, -0.2) is 60.1 Å². The molecule has 7 nitrogen and oxygen atoms in total. The van der Waals surface area contributed by atoms with Crippen LogP contribution >= 0.6 is 0 Å². The molecule has 1 aromatic rings. The van der Waals surface area contributed by atoms with E-state index in [0.29, 0.717) is 24.7 Å². The summed E-state index contributed by atoms with van der Waals surface area (Å²) >= 11 is 0. The minimum absolute atomic E-state index is 0.0830. The van der Waals surface area contributed by atoms with Gasteiger partial charge in [0.05, 0.1) is 5.69 Å². The Labute approximate surface area is 126 Å². The van der Waals surface area contributed by atoms with Crippen LogP contribution in [0, 0.1) is 12.8 Å². The van der Waals surface area contributed by atoms with E-state index < -0.39 is 10.0 Å². The molecule has 0 amide bonds. The number of nitrogens with two attached hydrogens (primary N) is 1. The van der Waals surface area contributed by atoms with E-state index in [1.807, 2.05) is 0 Å². The monoisotopic (exact) mass is 315 g/mol. The average molecular weight is 315 g/mol. The van der Waals surface area contributed by atoms with Crippen molar-refractivity contribution in [2.75, 3.05) is 38.5 Å². The second-order valence-corrected chi connectivity index (χ2v) is 7.90. The summed E-state index contributed by atoms with van der Waals surface area (Å²) in [4.78, 5) is 2.46. The summed E-state index contributed by atoms with van der Waals surface area (Å²) in [7, 11) is -1.86. The lowest BCUT2D eigenvalue weighted by atomic mass is 10.2. The molecule has 0 spiro atoms. The average Bonchev–Trinajstić information content (AvgIpc) is 2.63. The van der Waals surface area contributed by atoms with E-state index in [4.69, 9.17) is 5.73 Å².